The zero-order chi connectivity index (χ0) is 19.6. The van der Waals surface area contributed by atoms with E-state index in [1.165, 1.54) is 16.7 Å². The van der Waals surface area contributed by atoms with Crippen LogP contribution in [0.15, 0.2) is 41.4 Å². The van der Waals surface area contributed by atoms with Crippen LogP contribution in [0.2, 0.25) is 10.0 Å². The maximum absolute atomic E-state index is 11.9. The number of hydrogen-bond donors (Lipinski definition) is 0. The molecule has 1 saturated heterocycles. The average molecular weight is 421 g/mol. The van der Waals surface area contributed by atoms with Gasteiger partial charge in [-0.15, -0.1) is 0 Å². The minimum Gasteiger partial charge on any atom is -0.291 e. The third-order valence-corrected chi connectivity index (χ3v) is 6.28. The maximum atomic E-state index is 11.9. The smallest absolute Gasteiger partial charge is 0.225 e. The van der Waals surface area contributed by atoms with Gasteiger partial charge in [0.1, 0.15) is 0 Å². The Kier molecular flexibility index (Phi) is 6.51. The summed E-state index contributed by atoms with van der Waals surface area (Å²) in [6.45, 7) is 6.45. The summed E-state index contributed by atoms with van der Waals surface area (Å²) in [5, 5.41) is 1.80. The normalized spacial score (nSPS) is 16.8. The van der Waals surface area contributed by atoms with Gasteiger partial charge in [-0.3, -0.25) is 14.7 Å². The van der Waals surface area contributed by atoms with Crippen molar-refractivity contribution in [2.45, 2.75) is 33.2 Å². The third kappa shape index (κ3) is 4.87. The van der Waals surface area contributed by atoms with Crippen LogP contribution >= 0.6 is 35.0 Å². The molecule has 0 spiro atoms. The Hall–Kier alpha value is -1.49. The second-order valence-electron chi connectivity index (χ2n) is 6.79. The molecule has 1 aliphatic rings. The number of rotatable bonds is 4. The first-order valence-electron chi connectivity index (χ1n) is 8.85. The van der Waals surface area contributed by atoms with Crippen LogP contribution in [0, 0.1) is 13.8 Å². The highest BCUT2D eigenvalue weighted by atomic mass is 35.5. The van der Waals surface area contributed by atoms with Gasteiger partial charge in [-0.2, -0.15) is 0 Å². The number of amidine groups is 1. The molecule has 3 rings (SSSR count). The lowest BCUT2D eigenvalue weighted by atomic mass is 9.97. The standard InChI is InChI=1S/C21H22Cl2N2OS/c1-13-9-14(2)11-16(10-13)12-19(17-5-4-6-18(22)20(17)23)24-21-25(15(3)26)7-8-27-21/h4-6,9-11,19H,7-8,12H2,1-3H3/b24-21-. The summed E-state index contributed by atoms with van der Waals surface area (Å²) in [6, 6.07) is 11.9. The molecule has 0 saturated carbocycles. The van der Waals surface area contributed by atoms with Gasteiger partial charge in [0.25, 0.3) is 0 Å². The minimum absolute atomic E-state index is 0.0149. The summed E-state index contributed by atoms with van der Waals surface area (Å²) in [7, 11) is 0. The first-order chi connectivity index (χ1) is 12.8. The van der Waals surface area contributed by atoms with E-state index >= 15 is 0 Å². The lowest BCUT2D eigenvalue weighted by Crippen LogP contribution is -2.29. The van der Waals surface area contributed by atoms with E-state index in [0.717, 1.165) is 16.5 Å². The van der Waals surface area contributed by atoms with Crippen LogP contribution in [0.3, 0.4) is 0 Å². The first kappa shape index (κ1) is 20.2. The molecule has 2 aromatic rings. The fourth-order valence-electron chi connectivity index (χ4n) is 3.35. The predicted octanol–water partition coefficient (Wildman–Crippen LogP) is 5.85. The molecule has 6 heteroatoms. The first-order valence-corrected chi connectivity index (χ1v) is 10.6. The van der Waals surface area contributed by atoms with Crippen molar-refractivity contribution in [2.75, 3.05) is 12.3 Å². The van der Waals surface area contributed by atoms with Crippen molar-refractivity contribution in [3.05, 3.63) is 68.7 Å². The SMILES string of the molecule is CC(=O)N1CCS/C1=N\C(Cc1cc(C)cc(C)c1)c1cccc(Cl)c1Cl. The van der Waals surface area contributed by atoms with Gasteiger partial charge in [-0.25, -0.2) is 0 Å². The Morgan fingerprint density at radius 2 is 1.93 bits per heavy atom. The van der Waals surface area contributed by atoms with Crippen molar-refractivity contribution in [1.29, 1.82) is 0 Å². The van der Waals surface area contributed by atoms with Crippen molar-refractivity contribution in [2.24, 2.45) is 4.99 Å². The zero-order valence-corrected chi connectivity index (χ0v) is 18.0. The third-order valence-electron chi connectivity index (χ3n) is 4.47. The molecule has 1 aliphatic heterocycles. The van der Waals surface area contributed by atoms with Gasteiger partial charge in [0.15, 0.2) is 5.17 Å². The molecule has 0 N–H and O–H groups in total. The van der Waals surface area contributed by atoms with Gasteiger partial charge in [-0.1, -0.05) is 76.4 Å². The lowest BCUT2D eigenvalue weighted by molar-refractivity contribution is -0.124. The van der Waals surface area contributed by atoms with Crippen LogP contribution in [-0.2, 0) is 11.2 Å². The van der Waals surface area contributed by atoms with E-state index in [1.807, 2.05) is 12.1 Å². The van der Waals surface area contributed by atoms with Gasteiger partial charge in [-0.05, 0) is 37.5 Å². The Labute approximate surface area is 174 Å². The maximum Gasteiger partial charge on any atom is 0.225 e. The van der Waals surface area contributed by atoms with Gasteiger partial charge >= 0.3 is 0 Å². The van der Waals surface area contributed by atoms with Crippen LogP contribution in [0.5, 0.6) is 0 Å². The van der Waals surface area contributed by atoms with Gasteiger partial charge in [0.05, 0.1) is 16.1 Å². The topological polar surface area (TPSA) is 32.7 Å². The predicted molar refractivity (Wildman–Crippen MR) is 116 cm³/mol. The Morgan fingerprint density at radius 1 is 1.22 bits per heavy atom. The second-order valence-corrected chi connectivity index (χ2v) is 8.64. The number of benzene rings is 2. The molecule has 2 aromatic carbocycles. The average Bonchev–Trinajstić information content (AvgIpc) is 3.04. The Morgan fingerprint density at radius 3 is 2.59 bits per heavy atom. The summed E-state index contributed by atoms with van der Waals surface area (Å²) in [5.74, 6) is 0.874. The molecule has 0 aromatic heterocycles. The highest BCUT2D eigenvalue weighted by Gasteiger charge is 2.26. The van der Waals surface area contributed by atoms with E-state index in [9.17, 15) is 4.79 Å². The van der Waals surface area contributed by atoms with Crippen molar-refractivity contribution >= 4 is 46.0 Å². The van der Waals surface area contributed by atoms with Crippen LogP contribution in [-0.4, -0.2) is 28.3 Å². The van der Waals surface area contributed by atoms with E-state index in [4.69, 9.17) is 28.2 Å². The summed E-state index contributed by atoms with van der Waals surface area (Å²) in [6.07, 6.45) is 0.693. The molecule has 1 heterocycles. The number of hydrogen-bond acceptors (Lipinski definition) is 3. The van der Waals surface area contributed by atoms with E-state index in [2.05, 4.69) is 32.0 Å². The quantitative estimate of drug-likeness (QED) is 0.621. The molecule has 1 fully saturated rings. The van der Waals surface area contributed by atoms with Gasteiger partial charge in [0, 0.05) is 19.2 Å². The number of halogens is 2. The highest BCUT2D eigenvalue weighted by Crippen LogP contribution is 2.35. The van der Waals surface area contributed by atoms with Crippen LogP contribution in [0.4, 0.5) is 0 Å². The Balaban J connectivity index is 2.03. The molecule has 142 valence electrons. The molecular formula is C21H22Cl2N2OS. The van der Waals surface area contributed by atoms with E-state index < -0.39 is 0 Å². The van der Waals surface area contributed by atoms with Crippen molar-refractivity contribution in [3.63, 3.8) is 0 Å². The van der Waals surface area contributed by atoms with Crippen molar-refractivity contribution < 1.29 is 4.79 Å². The van der Waals surface area contributed by atoms with E-state index in [-0.39, 0.29) is 11.9 Å². The number of carbonyl (C=O) groups is 1. The Bertz CT molecular complexity index is 877. The second kappa shape index (κ2) is 8.68. The van der Waals surface area contributed by atoms with Crippen molar-refractivity contribution in [1.82, 2.24) is 4.90 Å². The fourth-order valence-corrected chi connectivity index (χ4v) is 4.81. The summed E-state index contributed by atoms with van der Waals surface area (Å²) < 4.78 is 0. The number of amides is 1. The van der Waals surface area contributed by atoms with Crippen LogP contribution in [0.25, 0.3) is 0 Å². The molecule has 1 unspecified atom stereocenters. The summed E-state index contributed by atoms with van der Waals surface area (Å²) in [4.78, 5) is 18.6. The van der Waals surface area contributed by atoms with Crippen molar-refractivity contribution in [3.8, 4) is 0 Å². The molecule has 3 nitrogen and oxygen atoms in total. The molecule has 0 aliphatic carbocycles. The van der Waals surface area contributed by atoms with E-state index in [0.29, 0.717) is 23.0 Å². The van der Waals surface area contributed by atoms with Crippen LogP contribution < -0.4 is 0 Å². The monoisotopic (exact) mass is 420 g/mol. The molecule has 1 atom stereocenters. The fraction of sp³-hybridized carbons (Fsp3) is 0.333. The molecule has 0 radical (unpaired) electrons. The molecule has 1 amide bonds. The molecule has 0 bridgehead atoms. The number of thioether (sulfide) groups is 1. The molecule has 27 heavy (non-hydrogen) atoms. The number of nitrogens with zero attached hydrogens (tertiary/aromatic N) is 2. The summed E-state index contributed by atoms with van der Waals surface area (Å²) in [5.41, 5.74) is 4.51. The molecular weight excluding hydrogens is 399 g/mol. The van der Waals surface area contributed by atoms with Gasteiger partial charge in [0.2, 0.25) is 5.91 Å². The highest BCUT2D eigenvalue weighted by molar-refractivity contribution is 8.14. The zero-order valence-electron chi connectivity index (χ0n) is 15.6. The number of aliphatic imine (C=N–C) groups is 1. The summed E-state index contributed by atoms with van der Waals surface area (Å²) >= 11 is 14.4. The number of carbonyl (C=O) groups excluding carboxylic acids is 1. The van der Waals surface area contributed by atoms with E-state index in [1.54, 1.807) is 29.7 Å². The minimum atomic E-state index is -0.208. The van der Waals surface area contributed by atoms with Crippen LogP contribution in [0.1, 0.15) is 35.2 Å². The largest absolute Gasteiger partial charge is 0.291 e. The van der Waals surface area contributed by atoms with Gasteiger partial charge < -0.3 is 0 Å². The number of aryl methyl sites for hydroxylation is 2. The lowest BCUT2D eigenvalue weighted by Gasteiger charge is -2.20.